The standard InChI is InChI=1S/C15H19FN6O5P/c1-3-25-15(23)8(2)21-28(24)7-26-10-4-9(16)14(27-10)22-6-20-11-12(17)18-5-19-13(11)22/h4-6,8,10,14H,3,7H2,1-2H3,(H,21,24)(H2,17,18,19)/q+1/t8-,10-,14+/m0/s1. The Labute approximate surface area is 159 Å². The molecule has 0 fully saturated rings. The summed E-state index contributed by atoms with van der Waals surface area (Å²) in [4.78, 5) is 23.4. The number of nitrogens with two attached hydrogens (primary N) is 1. The summed E-state index contributed by atoms with van der Waals surface area (Å²) in [6, 6.07) is -0.765. The van der Waals surface area contributed by atoms with E-state index < -0.39 is 38.3 Å². The highest BCUT2D eigenvalue weighted by Gasteiger charge is 2.34. The molecule has 1 unspecified atom stereocenters. The zero-order chi connectivity index (χ0) is 20.3. The molecule has 11 nitrogen and oxygen atoms in total. The van der Waals surface area contributed by atoms with Crippen LogP contribution in [-0.4, -0.2) is 50.8 Å². The number of nitrogens with zero attached hydrogens (tertiary/aromatic N) is 4. The number of halogens is 1. The van der Waals surface area contributed by atoms with Crippen LogP contribution in [0.25, 0.3) is 11.2 Å². The van der Waals surface area contributed by atoms with Crippen molar-refractivity contribution in [2.24, 2.45) is 0 Å². The van der Waals surface area contributed by atoms with Gasteiger partial charge in [-0.15, -0.1) is 0 Å². The summed E-state index contributed by atoms with van der Waals surface area (Å²) in [5, 5.41) is 2.56. The van der Waals surface area contributed by atoms with Gasteiger partial charge in [-0.2, -0.15) is 0 Å². The van der Waals surface area contributed by atoms with Crippen molar-refractivity contribution in [3.8, 4) is 0 Å². The Kier molecular flexibility index (Phi) is 6.25. The lowest BCUT2D eigenvalue weighted by Gasteiger charge is -2.14. The normalized spacial score (nSPS) is 20.8. The number of carbonyl (C=O) groups excluding carboxylic acids is 1. The van der Waals surface area contributed by atoms with Gasteiger partial charge < -0.3 is 19.9 Å². The number of hydrogen-bond acceptors (Lipinski definition) is 9. The van der Waals surface area contributed by atoms with Gasteiger partial charge in [-0.1, -0.05) is 5.09 Å². The topological polar surface area (TPSA) is 143 Å². The van der Waals surface area contributed by atoms with E-state index in [0.29, 0.717) is 11.2 Å². The molecule has 0 saturated heterocycles. The summed E-state index contributed by atoms with van der Waals surface area (Å²) < 4.78 is 43.3. The summed E-state index contributed by atoms with van der Waals surface area (Å²) in [7, 11) is -2.10. The minimum absolute atomic E-state index is 0.165. The lowest BCUT2D eigenvalue weighted by molar-refractivity contribution is -0.144. The molecule has 150 valence electrons. The maximum atomic E-state index is 14.3. The number of esters is 1. The van der Waals surface area contributed by atoms with E-state index in [2.05, 4.69) is 20.0 Å². The van der Waals surface area contributed by atoms with Crippen LogP contribution in [0.4, 0.5) is 10.2 Å². The molecule has 0 spiro atoms. The number of hydrogen-bond donors (Lipinski definition) is 2. The number of carbonyl (C=O) groups is 1. The average molecular weight is 413 g/mol. The monoisotopic (exact) mass is 413 g/mol. The van der Waals surface area contributed by atoms with Crippen LogP contribution in [0, 0.1) is 0 Å². The molecule has 3 heterocycles. The second kappa shape index (κ2) is 8.65. The van der Waals surface area contributed by atoms with Crippen molar-refractivity contribution >= 4 is 30.9 Å². The smallest absolute Gasteiger partial charge is 0.461 e. The van der Waals surface area contributed by atoms with Crippen molar-refractivity contribution in [1.82, 2.24) is 24.6 Å². The first-order valence-electron chi connectivity index (χ1n) is 8.35. The Balaban J connectivity index is 1.57. The van der Waals surface area contributed by atoms with Gasteiger partial charge >= 0.3 is 13.9 Å². The van der Waals surface area contributed by atoms with Crippen molar-refractivity contribution in [3.63, 3.8) is 0 Å². The van der Waals surface area contributed by atoms with Gasteiger partial charge in [0.1, 0.15) is 17.9 Å². The molecule has 2 aromatic heterocycles. The lowest BCUT2D eigenvalue weighted by Crippen LogP contribution is -2.31. The van der Waals surface area contributed by atoms with Crippen LogP contribution in [0.1, 0.15) is 20.1 Å². The van der Waals surface area contributed by atoms with Crippen LogP contribution in [0.5, 0.6) is 0 Å². The van der Waals surface area contributed by atoms with Gasteiger partial charge in [-0.25, -0.2) is 19.3 Å². The van der Waals surface area contributed by atoms with E-state index in [1.165, 1.54) is 24.1 Å². The van der Waals surface area contributed by atoms with Crippen LogP contribution in [0.15, 0.2) is 24.6 Å². The van der Waals surface area contributed by atoms with Gasteiger partial charge in [0.25, 0.3) is 6.35 Å². The number of nitrogens with one attached hydrogen (secondary N) is 1. The molecule has 0 amide bonds. The zero-order valence-corrected chi connectivity index (χ0v) is 16.0. The number of ether oxygens (including phenoxy) is 3. The molecule has 3 N–H and O–H groups in total. The van der Waals surface area contributed by atoms with Gasteiger partial charge in [0.05, 0.1) is 12.9 Å². The molecule has 2 aromatic rings. The predicted molar refractivity (Wildman–Crippen MR) is 95.6 cm³/mol. The number of rotatable bonds is 8. The van der Waals surface area contributed by atoms with Gasteiger partial charge in [0.2, 0.25) is 0 Å². The fraction of sp³-hybridized carbons (Fsp3) is 0.467. The molecular weight excluding hydrogens is 394 g/mol. The molecule has 3 rings (SSSR count). The third kappa shape index (κ3) is 4.30. The molecule has 13 heteroatoms. The minimum Gasteiger partial charge on any atom is -0.465 e. The quantitative estimate of drug-likeness (QED) is 0.481. The molecular formula is C15H19FN6O5P+. The van der Waals surface area contributed by atoms with E-state index >= 15 is 0 Å². The third-order valence-electron chi connectivity index (χ3n) is 3.77. The molecule has 0 bridgehead atoms. The first-order valence-corrected chi connectivity index (χ1v) is 9.80. The SMILES string of the molecule is CCOC(=O)[C@H](C)N[P+](=O)CO[C@@H]1C=C(F)[C@H](n2cnc3c(N)ncnc32)O1. The van der Waals surface area contributed by atoms with E-state index in [1.54, 1.807) is 6.92 Å². The highest BCUT2D eigenvalue weighted by molar-refractivity contribution is 7.42. The third-order valence-corrected chi connectivity index (χ3v) is 4.83. The summed E-state index contributed by atoms with van der Waals surface area (Å²) in [5.74, 6) is -0.982. The molecule has 1 aliphatic heterocycles. The summed E-state index contributed by atoms with van der Waals surface area (Å²) in [6.45, 7) is 3.41. The Morgan fingerprint density at radius 1 is 1.50 bits per heavy atom. The molecule has 4 atom stereocenters. The Morgan fingerprint density at radius 2 is 2.29 bits per heavy atom. The van der Waals surface area contributed by atoms with Gasteiger partial charge in [0, 0.05) is 6.08 Å². The summed E-state index contributed by atoms with van der Waals surface area (Å²) in [5.41, 5.74) is 6.34. The number of anilines is 1. The Hall–Kier alpha value is -2.53. The summed E-state index contributed by atoms with van der Waals surface area (Å²) in [6.07, 6.45) is 1.17. The average Bonchev–Trinajstić information content (AvgIpc) is 3.24. The van der Waals surface area contributed by atoms with Gasteiger partial charge in [0.15, 0.2) is 29.8 Å². The van der Waals surface area contributed by atoms with Crippen LogP contribution in [0.3, 0.4) is 0 Å². The maximum Gasteiger partial charge on any atom is 0.461 e. The number of fused-ring (bicyclic) bond motifs is 1. The molecule has 0 saturated carbocycles. The minimum atomic E-state index is -2.10. The highest BCUT2D eigenvalue weighted by atomic mass is 31.1. The fourth-order valence-corrected chi connectivity index (χ4v) is 3.38. The summed E-state index contributed by atoms with van der Waals surface area (Å²) >= 11 is 0. The zero-order valence-electron chi connectivity index (χ0n) is 15.1. The van der Waals surface area contributed by atoms with E-state index in [9.17, 15) is 13.8 Å². The number of imidazole rings is 1. The van der Waals surface area contributed by atoms with Crippen LogP contribution < -0.4 is 10.8 Å². The highest BCUT2D eigenvalue weighted by Crippen LogP contribution is 2.33. The largest absolute Gasteiger partial charge is 0.465 e. The van der Waals surface area contributed by atoms with Crippen molar-refractivity contribution in [1.29, 1.82) is 0 Å². The van der Waals surface area contributed by atoms with Gasteiger partial charge in [-0.05, 0) is 18.4 Å². The molecule has 28 heavy (non-hydrogen) atoms. The fourth-order valence-electron chi connectivity index (χ4n) is 2.49. The first-order chi connectivity index (χ1) is 13.4. The first kappa shape index (κ1) is 20.2. The van der Waals surface area contributed by atoms with Crippen molar-refractivity contribution in [3.05, 3.63) is 24.6 Å². The lowest BCUT2D eigenvalue weighted by atomic mass is 10.4. The molecule has 0 radical (unpaired) electrons. The second-order valence-electron chi connectivity index (χ2n) is 5.77. The van der Waals surface area contributed by atoms with E-state index in [0.717, 1.165) is 6.08 Å². The van der Waals surface area contributed by atoms with E-state index in [1.807, 2.05) is 0 Å². The number of nitrogen functional groups attached to an aromatic ring is 1. The van der Waals surface area contributed by atoms with E-state index in [-0.39, 0.29) is 18.8 Å². The Morgan fingerprint density at radius 3 is 3.04 bits per heavy atom. The van der Waals surface area contributed by atoms with Gasteiger partial charge in [-0.3, -0.25) is 9.36 Å². The molecule has 0 aromatic carbocycles. The Bertz CT molecular complexity index is 921. The van der Waals surface area contributed by atoms with Crippen molar-refractivity contribution in [2.75, 3.05) is 18.7 Å². The van der Waals surface area contributed by atoms with Crippen molar-refractivity contribution in [2.45, 2.75) is 32.4 Å². The maximum absolute atomic E-state index is 14.3. The van der Waals surface area contributed by atoms with Crippen LogP contribution in [-0.2, 0) is 23.6 Å². The predicted octanol–water partition coefficient (Wildman–Crippen LogP) is 1.37. The second-order valence-corrected chi connectivity index (χ2v) is 7.04. The number of aromatic nitrogens is 4. The van der Waals surface area contributed by atoms with Crippen molar-refractivity contribution < 1.29 is 28.0 Å². The molecule has 0 aliphatic carbocycles. The molecule has 1 aliphatic rings. The van der Waals surface area contributed by atoms with Crippen LogP contribution in [0.2, 0.25) is 0 Å². The van der Waals surface area contributed by atoms with Crippen LogP contribution >= 0.6 is 7.95 Å². The van der Waals surface area contributed by atoms with E-state index in [4.69, 9.17) is 19.9 Å².